The molecule has 0 aliphatic carbocycles. The zero-order valence-corrected chi connectivity index (χ0v) is 43.8. The van der Waals surface area contributed by atoms with Crippen molar-refractivity contribution in [3.05, 3.63) is 33.6 Å². The van der Waals surface area contributed by atoms with E-state index >= 15 is 0 Å². The highest BCUT2D eigenvalue weighted by Gasteiger charge is 2.37. The molecule has 2 heterocycles. The summed E-state index contributed by atoms with van der Waals surface area (Å²) in [5.41, 5.74) is 11.7. The van der Waals surface area contributed by atoms with Gasteiger partial charge in [-0.2, -0.15) is 0 Å². The van der Waals surface area contributed by atoms with Gasteiger partial charge >= 0.3 is 12.2 Å². The first-order valence-corrected chi connectivity index (χ1v) is 24.8. The molecule has 1 aliphatic rings. The number of ether oxygens (including phenoxy) is 3. The summed E-state index contributed by atoms with van der Waals surface area (Å²) in [6.45, 7) is 19.3. The minimum absolute atomic E-state index is 0.0140. The minimum Gasteiger partial charge on any atom is -0.487 e. The maximum Gasteiger partial charge on any atom is 0.407 e. The second-order valence-corrected chi connectivity index (χ2v) is 21.1. The Kier molecular flexibility index (Phi) is 20.7. The molecule has 2 atom stereocenters. The molecule has 0 saturated carbocycles. The SMILES string of the molecule is Cc1c(C)c(S(=O)(=O)NC(=N)NCCC[C@H](NC(=O)c2nc(N)c(C(=O)N[C@@H](CCCNC=N)C(=O)NCCNC(=O)OC(C)(C)C)nc2N)C(=O)NCCNC(=O)OC(C)(C)C)c(C)c2c1OC(C)(C)C2. The standard InChI is InChI=1S/C45H73N15O11S/c1-24-25(2)33(26(3)27-22-45(10,11)69-32(24)27)72(67,68)60-40(49)53-17-13-15-29(37(62)52-19-21-55-42(66)71-44(7,8)9)57-39(64)31-35(48)58-30(34(47)59-31)38(63)56-28(14-12-16-50-23-46)36(61)51-18-20-54-41(65)70-43(4,5)6/h23,28-29H,12-22H2,1-11H3,(H2,46,50)(H2,47,59)(H2,48,58)(H,51,61)(H,52,62)(H,54,65)(H,55,66)(H,56,63)(H,57,64)(H3,49,53,60)/t28-,29-/m0/s1. The summed E-state index contributed by atoms with van der Waals surface area (Å²) in [7, 11) is -4.24. The van der Waals surface area contributed by atoms with Gasteiger partial charge in [-0.1, -0.05) is 0 Å². The van der Waals surface area contributed by atoms with Crippen LogP contribution < -0.4 is 63.5 Å². The number of nitrogens with two attached hydrogens (primary N) is 2. The van der Waals surface area contributed by atoms with E-state index in [2.05, 4.69) is 57.2 Å². The van der Waals surface area contributed by atoms with Gasteiger partial charge in [0.25, 0.3) is 21.8 Å². The lowest BCUT2D eigenvalue weighted by Crippen LogP contribution is -2.49. The lowest BCUT2D eigenvalue weighted by molar-refractivity contribution is -0.123. The largest absolute Gasteiger partial charge is 0.487 e. The van der Waals surface area contributed by atoms with Crippen LogP contribution in [0, 0.1) is 31.6 Å². The van der Waals surface area contributed by atoms with Gasteiger partial charge in [0.05, 0.1) is 11.2 Å². The van der Waals surface area contributed by atoms with Crippen LogP contribution in [-0.4, -0.2) is 135 Å². The molecule has 26 nitrogen and oxygen atoms in total. The van der Waals surface area contributed by atoms with Crippen molar-refractivity contribution in [1.29, 1.82) is 10.8 Å². The van der Waals surface area contributed by atoms with E-state index in [1.165, 1.54) is 0 Å². The number of sulfonamides is 1. The van der Waals surface area contributed by atoms with Gasteiger partial charge in [-0.25, -0.2) is 32.7 Å². The number of hydrogen-bond acceptors (Lipinski definition) is 17. The van der Waals surface area contributed by atoms with Crippen molar-refractivity contribution in [2.24, 2.45) is 0 Å². The maximum atomic E-state index is 13.7. The predicted octanol–water partition coefficient (Wildman–Crippen LogP) is 1.02. The summed E-state index contributed by atoms with van der Waals surface area (Å²) >= 11 is 0. The van der Waals surface area contributed by atoms with Crippen molar-refractivity contribution in [3.63, 3.8) is 0 Å². The maximum absolute atomic E-state index is 13.7. The Hall–Kier alpha value is -7.19. The first kappa shape index (κ1) is 59.1. The molecule has 72 heavy (non-hydrogen) atoms. The van der Waals surface area contributed by atoms with Crippen LogP contribution in [0.2, 0.25) is 0 Å². The molecule has 0 bridgehead atoms. The molecule has 1 aromatic heterocycles. The van der Waals surface area contributed by atoms with Crippen LogP contribution in [0.5, 0.6) is 5.75 Å². The number of guanidine groups is 1. The van der Waals surface area contributed by atoms with Crippen molar-refractivity contribution in [3.8, 4) is 5.75 Å². The normalized spacial score (nSPS) is 13.7. The van der Waals surface area contributed by atoms with E-state index in [-0.39, 0.29) is 56.9 Å². The summed E-state index contributed by atoms with van der Waals surface area (Å²) in [5, 5.41) is 36.3. The Morgan fingerprint density at radius 1 is 0.708 bits per heavy atom. The molecular weight excluding hydrogens is 959 g/mol. The number of anilines is 2. The lowest BCUT2D eigenvalue weighted by Gasteiger charge is -2.21. The fraction of sp³-hybridized carbons (Fsp3) is 0.600. The monoisotopic (exact) mass is 1030 g/mol. The molecule has 0 unspecified atom stereocenters. The molecule has 27 heteroatoms. The predicted molar refractivity (Wildman–Crippen MR) is 268 cm³/mol. The Morgan fingerprint density at radius 2 is 1.15 bits per heavy atom. The molecule has 1 aromatic carbocycles. The average Bonchev–Trinajstić information content (AvgIpc) is 3.59. The molecule has 400 valence electrons. The number of hydrogen-bond donors (Lipinski definition) is 13. The number of fused-ring (bicyclic) bond motifs is 1. The number of aromatic nitrogens is 2. The van der Waals surface area contributed by atoms with Crippen LogP contribution in [0.3, 0.4) is 0 Å². The molecule has 6 amide bonds. The molecule has 0 fully saturated rings. The topological polar surface area (TPSA) is 398 Å². The number of carbonyl (C=O) groups excluding carboxylic acids is 6. The first-order valence-electron chi connectivity index (χ1n) is 23.3. The van der Waals surface area contributed by atoms with Gasteiger partial charge < -0.3 is 68.2 Å². The van der Waals surface area contributed by atoms with E-state index in [9.17, 15) is 37.2 Å². The van der Waals surface area contributed by atoms with Gasteiger partial charge in [-0.3, -0.25) is 30.0 Å². The minimum atomic E-state index is -4.24. The lowest BCUT2D eigenvalue weighted by atomic mass is 9.94. The summed E-state index contributed by atoms with van der Waals surface area (Å²) < 4.78 is 46.2. The van der Waals surface area contributed by atoms with Crippen LogP contribution in [-0.2, 0) is 35.5 Å². The van der Waals surface area contributed by atoms with Crippen LogP contribution >= 0.6 is 0 Å². The van der Waals surface area contributed by atoms with Crippen LogP contribution in [0.1, 0.15) is 124 Å². The Labute approximate surface area is 420 Å². The van der Waals surface area contributed by atoms with E-state index in [1.54, 1.807) is 62.3 Å². The number of benzene rings is 1. The van der Waals surface area contributed by atoms with E-state index in [0.717, 1.165) is 11.9 Å². The highest BCUT2D eigenvalue weighted by molar-refractivity contribution is 7.90. The quantitative estimate of drug-likeness (QED) is 0.0420. The summed E-state index contributed by atoms with van der Waals surface area (Å²) in [6.07, 6.45) is 0.517. The third-order valence-electron chi connectivity index (χ3n) is 10.5. The summed E-state index contributed by atoms with van der Waals surface area (Å²) in [6, 6.07) is -2.46. The van der Waals surface area contributed by atoms with Crippen molar-refractivity contribution in [2.45, 2.75) is 142 Å². The smallest absolute Gasteiger partial charge is 0.407 e. The first-order chi connectivity index (χ1) is 33.4. The highest BCUT2D eigenvalue weighted by atomic mass is 32.2. The van der Waals surface area contributed by atoms with Crippen LogP contribution in [0.25, 0.3) is 0 Å². The van der Waals surface area contributed by atoms with E-state index < -0.39 is 104 Å². The van der Waals surface area contributed by atoms with Crippen molar-refractivity contribution in [2.75, 3.05) is 50.7 Å². The van der Waals surface area contributed by atoms with Crippen molar-refractivity contribution >= 4 is 69.8 Å². The number of rotatable bonds is 23. The third kappa shape index (κ3) is 18.2. The number of nitrogen functional groups attached to an aromatic ring is 2. The Balaban J connectivity index is 1.74. The number of amides is 6. The molecule has 1 aliphatic heterocycles. The van der Waals surface area contributed by atoms with Crippen molar-refractivity contribution < 1.29 is 51.4 Å². The third-order valence-corrected chi connectivity index (χ3v) is 12.1. The van der Waals surface area contributed by atoms with Gasteiger partial charge in [-0.05, 0) is 119 Å². The zero-order valence-electron chi connectivity index (χ0n) is 43.0. The molecule has 15 N–H and O–H groups in total. The van der Waals surface area contributed by atoms with Gasteiger partial charge in [0.15, 0.2) is 23.0 Å². The molecule has 2 aromatic rings. The number of carbonyl (C=O) groups is 6. The Bertz CT molecular complexity index is 2470. The molecule has 3 rings (SSSR count). The zero-order chi connectivity index (χ0) is 54.4. The van der Waals surface area contributed by atoms with Crippen LogP contribution in [0.15, 0.2) is 4.90 Å². The van der Waals surface area contributed by atoms with Gasteiger partial charge in [-0.15, -0.1) is 0 Å². The van der Waals surface area contributed by atoms with Gasteiger partial charge in [0.1, 0.15) is 34.6 Å². The second-order valence-electron chi connectivity index (χ2n) is 19.5. The molecule has 0 radical (unpaired) electrons. The second kappa shape index (κ2) is 25.3. The molecule has 0 spiro atoms. The summed E-state index contributed by atoms with van der Waals surface area (Å²) in [4.78, 5) is 86.2. The number of alkyl carbamates (subject to hydrolysis) is 2. The molecular formula is C45H73N15O11S. The van der Waals surface area contributed by atoms with Crippen molar-refractivity contribution in [1.82, 2.24) is 57.2 Å². The van der Waals surface area contributed by atoms with Gasteiger partial charge in [0, 0.05) is 51.3 Å². The number of nitrogens with zero attached hydrogens (tertiary/aromatic N) is 2. The average molecular weight is 1030 g/mol. The van der Waals surface area contributed by atoms with Gasteiger partial charge in [0.2, 0.25) is 17.8 Å². The summed E-state index contributed by atoms with van der Waals surface area (Å²) in [5.74, 6) is -4.28. The van der Waals surface area contributed by atoms with E-state index in [0.29, 0.717) is 41.8 Å². The fourth-order valence-corrected chi connectivity index (χ4v) is 8.76. The molecule has 0 saturated heterocycles. The highest BCUT2D eigenvalue weighted by Crippen LogP contribution is 2.43. The Morgan fingerprint density at radius 3 is 1.60 bits per heavy atom. The van der Waals surface area contributed by atoms with E-state index in [1.807, 2.05) is 13.8 Å². The fourth-order valence-electron chi connectivity index (χ4n) is 7.23. The van der Waals surface area contributed by atoms with E-state index in [4.69, 9.17) is 36.5 Å². The van der Waals surface area contributed by atoms with Crippen LogP contribution in [0.4, 0.5) is 21.2 Å². The number of nitrogens with one attached hydrogen (secondary N) is 11.